The second-order valence-corrected chi connectivity index (χ2v) is 4.14. The molecule has 2 aromatic carbocycles. The van der Waals surface area contributed by atoms with Crippen molar-refractivity contribution in [2.45, 2.75) is 0 Å². The zero-order valence-corrected chi connectivity index (χ0v) is 11.5. The molecule has 0 N–H and O–H groups in total. The Hall–Kier alpha value is -2.67. The van der Waals surface area contributed by atoms with E-state index in [9.17, 15) is 0 Å². The molecular formula is C16H16N2O2. The van der Waals surface area contributed by atoms with E-state index in [1.807, 2.05) is 53.4 Å². The van der Waals surface area contributed by atoms with Crippen LogP contribution in [0.15, 0.2) is 48.5 Å². The van der Waals surface area contributed by atoms with Crippen molar-refractivity contribution in [1.29, 1.82) is 5.26 Å². The molecule has 0 bridgehead atoms. The maximum Gasteiger partial charge on any atom is 0.120 e. The minimum Gasteiger partial charge on any atom is -0.497 e. The number of methoxy groups -OCH3 is 2. The zero-order chi connectivity index (χ0) is 14.4. The Labute approximate surface area is 118 Å². The van der Waals surface area contributed by atoms with Crippen LogP contribution in [0, 0.1) is 11.3 Å². The minimum atomic E-state index is 0.263. The number of nitrogens with zero attached hydrogens (tertiary/aromatic N) is 2. The van der Waals surface area contributed by atoms with Crippen LogP contribution in [0.2, 0.25) is 0 Å². The standard InChI is InChI=1S/C16H16N2O2/c1-19-15-8-6-13(7-9-15)18(11-10-17)14-4-3-5-16(12-14)20-2/h3-9,12H,11H2,1-2H3. The fraction of sp³-hybridized carbons (Fsp3) is 0.188. The molecule has 102 valence electrons. The number of hydrogen-bond donors (Lipinski definition) is 0. The number of rotatable bonds is 5. The quantitative estimate of drug-likeness (QED) is 0.780. The summed E-state index contributed by atoms with van der Waals surface area (Å²) in [4.78, 5) is 1.92. The van der Waals surface area contributed by atoms with Crippen molar-refractivity contribution in [2.75, 3.05) is 25.7 Å². The van der Waals surface area contributed by atoms with Crippen LogP contribution in [0.4, 0.5) is 11.4 Å². The third-order valence-corrected chi connectivity index (χ3v) is 2.98. The summed E-state index contributed by atoms with van der Waals surface area (Å²) in [5.41, 5.74) is 1.84. The Morgan fingerprint density at radius 2 is 1.65 bits per heavy atom. The van der Waals surface area contributed by atoms with Crippen LogP contribution in [-0.4, -0.2) is 20.8 Å². The topological polar surface area (TPSA) is 45.5 Å². The molecule has 0 aliphatic heterocycles. The first-order chi connectivity index (χ1) is 9.78. The summed E-state index contributed by atoms with van der Waals surface area (Å²) in [5.74, 6) is 1.55. The van der Waals surface area contributed by atoms with E-state index in [-0.39, 0.29) is 6.54 Å². The van der Waals surface area contributed by atoms with E-state index in [1.54, 1.807) is 14.2 Å². The van der Waals surface area contributed by atoms with Gasteiger partial charge in [-0.1, -0.05) is 6.07 Å². The number of anilines is 2. The molecule has 4 heteroatoms. The SMILES string of the molecule is COc1ccc(N(CC#N)c2cccc(OC)c2)cc1. The van der Waals surface area contributed by atoms with Gasteiger partial charge < -0.3 is 14.4 Å². The van der Waals surface area contributed by atoms with Crippen molar-refractivity contribution in [2.24, 2.45) is 0 Å². The fourth-order valence-corrected chi connectivity index (χ4v) is 1.94. The fourth-order valence-electron chi connectivity index (χ4n) is 1.94. The lowest BCUT2D eigenvalue weighted by molar-refractivity contribution is 0.414. The molecule has 0 fully saturated rings. The van der Waals surface area contributed by atoms with Gasteiger partial charge in [0.1, 0.15) is 18.0 Å². The summed E-state index contributed by atoms with van der Waals surface area (Å²) < 4.78 is 10.4. The second-order valence-electron chi connectivity index (χ2n) is 4.14. The molecule has 0 unspecified atom stereocenters. The smallest absolute Gasteiger partial charge is 0.120 e. The number of hydrogen-bond acceptors (Lipinski definition) is 4. The van der Waals surface area contributed by atoms with Gasteiger partial charge in [0.05, 0.1) is 20.3 Å². The van der Waals surface area contributed by atoms with E-state index in [0.717, 1.165) is 22.9 Å². The Kier molecular flexibility index (Phi) is 4.46. The van der Waals surface area contributed by atoms with Crippen molar-refractivity contribution in [3.8, 4) is 17.6 Å². The number of nitriles is 1. The molecule has 0 heterocycles. The molecule has 0 atom stereocenters. The second kappa shape index (κ2) is 6.48. The molecule has 0 aliphatic carbocycles. The summed E-state index contributed by atoms with van der Waals surface area (Å²) in [5, 5.41) is 9.04. The molecule has 0 spiro atoms. The molecular weight excluding hydrogens is 252 g/mol. The molecule has 0 saturated carbocycles. The maximum absolute atomic E-state index is 9.04. The van der Waals surface area contributed by atoms with Crippen molar-refractivity contribution < 1.29 is 9.47 Å². The van der Waals surface area contributed by atoms with Gasteiger partial charge in [-0.2, -0.15) is 5.26 Å². The van der Waals surface area contributed by atoms with Gasteiger partial charge in [0, 0.05) is 17.4 Å². The highest BCUT2D eigenvalue weighted by atomic mass is 16.5. The minimum absolute atomic E-state index is 0.263. The van der Waals surface area contributed by atoms with Crippen LogP contribution in [0.5, 0.6) is 11.5 Å². The maximum atomic E-state index is 9.04. The molecule has 0 radical (unpaired) electrons. The van der Waals surface area contributed by atoms with E-state index in [0.29, 0.717) is 0 Å². The molecule has 2 aromatic rings. The first-order valence-corrected chi connectivity index (χ1v) is 6.21. The van der Waals surface area contributed by atoms with Crippen molar-refractivity contribution >= 4 is 11.4 Å². The normalized spacial score (nSPS) is 9.65. The van der Waals surface area contributed by atoms with Gasteiger partial charge in [-0.05, 0) is 36.4 Å². The summed E-state index contributed by atoms with van der Waals surface area (Å²) >= 11 is 0. The Balaban J connectivity index is 2.36. The molecule has 0 amide bonds. The van der Waals surface area contributed by atoms with Crippen LogP contribution in [-0.2, 0) is 0 Å². The highest BCUT2D eigenvalue weighted by Crippen LogP contribution is 2.29. The first-order valence-electron chi connectivity index (χ1n) is 6.21. The van der Waals surface area contributed by atoms with Crippen LogP contribution >= 0.6 is 0 Å². The number of ether oxygens (including phenoxy) is 2. The predicted molar refractivity (Wildman–Crippen MR) is 78.6 cm³/mol. The van der Waals surface area contributed by atoms with Gasteiger partial charge in [0.2, 0.25) is 0 Å². The Morgan fingerprint density at radius 3 is 2.25 bits per heavy atom. The lowest BCUT2D eigenvalue weighted by Gasteiger charge is -2.22. The van der Waals surface area contributed by atoms with Gasteiger partial charge in [-0.25, -0.2) is 0 Å². The Bertz CT molecular complexity index is 603. The molecule has 0 aliphatic rings. The van der Waals surface area contributed by atoms with E-state index in [4.69, 9.17) is 14.7 Å². The van der Waals surface area contributed by atoms with E-state index < -0.39 is 0 Å². The highest BCUT2D eigenvalue weighted by Gasteiger charge is 2.09. The van der Waals surface area contributed by atoms with Crippen molar-refractivity contribution in [1.82, 2.24) is 0 Å². The highest BCUT2D eigenvalue weighted by molar-refractivity contribution is 5.65. The first kappa shape index (κ1) is 13.8. The Morgan fingerprint density at radius 1 is 0.950 bits per heavy atom. The van der Waals surface area contributed by atoms with Gasteiger partial charge >= 0.3 is 0 Å². The van der Waals surface area contributed by atoms with Crippen LogP contribution in [0.1, 0.15) is 0 Å². The van der Waals surface area contributed by atoms with Gasteiger partial charge in [-0.3, -0.25) is 0 Å². The molecule has 0 saturated heterocycles. The lowest BCUT2D eigenvalue weighted by atomic mass is 10.2. The largest absolute Gasteiger partial charge is 0.497 e. The van der Waals surface area contributed by atoms with Crippen LogP contribution in [0.3, 0.4) is 0 Å². The van der Waals surface area contributed by atoms with E-state index >= 15 is 0 Å². The van der Waals surface area contributed by atoms with Gasteiger partial charge in [0.25, 0.3) is 0 Å². The molecule has 20 heavy (non-hydrogen) atoms. The average Bonchev–Trinajstić information content (AvgIpc) is 2.53. The lowest BCUT2D eigenvalue weighted by Crippen LogP contribution is -2.17. The molecule has 0 aromatic heterocycles. The van der Waals surface area contributed by atoms with Crippen LogP contribution < -0.4 is 14.4 Å². The number of benzene rings is 2. The van der Waals surface area contributed by atoms with E-state index in [2.05, 4.69) is 6.07 Å². The van der Waals surface area contributed by atoms with Gasteiger partial charge in [0.15, 0.2) is 0 Å². The van der Waals surface area contributed by atoms with Crippen LogP contribution in [0.25, 0.3) is 0 Å². The van der Waals surface area contributed by atoms with Gasteiger partial charge in [-0.15, -0.1) is 0 Å². The zero-order valence-electron chi connectivity index (χ0n) is 11.5. The third-order valence-electron chi connectivity index (χ3n) is 2.98. The van der Waals surface area contributed by atoms with E-state index in [1.165, 1.54) is 0 Å². The summed E-state index contributed by atoms with van der Waals surface area (Å²) in [6.07, 6.45) is 0. The molecule has 4 nitrogen and oxygen atoms in total. The predicted octanol–water partition coefficient (Wildman–Crippen LogP) is 3.37. The van der Waals surface area contributed by atoms with Crippen molar-refractivity contribution in [3.63, 3.8) is 0 Å². The summed E-state index contributed by atoms with van der Waals surface area (Å²) in [6, 6.07) is 17.4. The average molecular weight is 268 g/mol. The third kappa shape index (κ3) is 3.01. The van der Waals surface area contributed by atoms with Crippen molar-refractivity contribution in [3.05, 3.63) is 48.5 Å². The monoisotopic (exact) mass is 268 g/mol. The summed E-state index contributed by atoms with van der Waals surface area (Å²) in [6.45, 7) is 0.263. The summed E-state index contributed by atoms with van der Waals surface area (Å²) in [7, 11) is 3.26. The molecule has 2 rings (SSSR count).